The summed E-state index contributed by atoms with van der Waals surface area (Å²) < 4.78 is 11.7. The van der Waals surface area contributed by atoms with Gasteiger partial charge in [0.15, 0.2) is 0 Å². The topological polar surface area (TPSA) is 34.4 Å². The van der Waals surface area contributed by atoms with E-state index in [1.807, 2.05) is 18.2 Å². The zero-order valence-corrected chi connectivity index (χ0v) is 9.98. The van der Waals surface area contributed by atoms with Gasteiger partial charge in [-0.1, -0.05) is 25.1 Å². The van der Waals surface area contributed by atoms with Crippen molar-refractivity contribution < 1.29 is 9.15 Å². The fraction of sp³-hybridized carbons (Fsp3) is 0.429. The third-order valence-electron chi connectivity index (χ3n) is 3.17. The maximum absolute atomic E-state index is 5.87. The number of ether oxygens (including phenoxy) is 1. The van der Waals surface area contributed by atoms with Crippen LogP contribution >= 0.6 is 0 Å². The Hall–Kier alpha value is -1.32. The molecule has 17 heavy (non-hydrogen) atoms. The molecule has 1 N–H and O–H groups in total. The van der Waals surface area contributed by atoms with Crippen LogP contribution in [-0.2, 0) is 4.74 Å². The van der Waals surface area contributed by atoms with Crippen molar-refractivity contribution >= 4 is 11.0 Å². The Morgan fingerprint density at radius 3 is 3.00 bits per heavy atom. The van der Waals surface area contributed by atoms with Crippen LogP contribution < -0.4 is 5.32 Å². The van der Waals surface area contributed by atoms with Gasteiger partial charge in [0.1, 0.15) is 17.4 Å². The van der Waals surface area contributed by atoms with Crippen LogP contribution in [0.15, 0.2) is 34.7 Å². The second-order valence-corrected chi connectivity index (χ2v) is 4.77. The van der Waals surface area contributed by atoms with Gasteiger partial charge in [-0.2, -0.15) is 0 Å². The van der Waals surface area contributed by atoms with Crippen LogP contribution in [0, 0.1) is 5.92 Å². The van der Waals surface area contributed by atoms with Crippen molar-refractivity contribution in [2.45, 2.75) is 13.0 Å². The lowest BCUT2D eigenvalue weighted by atomic mass is 10.2. The van der Waals surface area contributed by atoms with Gasteiger partial charge in [0.05, 0.1) is 6.61 Å². The number of para-hydroxylation sites is 1. The Labute approximate surface area is 101 Å². The van der Waals surface area contributed by atoms with Gasteiger partial charge in [0, 0.05) is 18.5 Å². The van der Waals surface area contributed by atoms with Gasteiger partial charge in [0.2, 0.25) is 0 Å². The van der Waals surface area contributed by atoms with Crippen LogP contribution in [0.2, 0.25) is 0 Å². The molecule has 1 saturated heterocycles. The van der Waals surface area contributed by atoms with Gasteiger partial charge in [-0.05, 0) is 18.1 Å². The summed E-state index contributed by atoms with van der Waals surface area (Å²) in [4.78, 5) is 0. The molecule has 0 spiro atoms. The van der Waals surface area contributed by atoms with Crippen LogP contribution in [0.5, 0.6) is 0 Å². The summed E-state index contributed by atoms with van der Waals surface area (Å²) in [5, 5.41) is 4.55. The third kappa shape index (κ3) is 2.21. The van der Waals surface area contributed by atoms with Crippen LogP contribution in [-0.4, -0.2) is 19.7 Å². The zero-order chi connectivity index (χ0) is 11.7. The maximum Gasteiger partial charge on any atom is 0.135 e. The Balaban J connectivity index is 1.87. The second-order valence-electron chi connectivity index (χ2n) is 4.77. The van der Waals surface area contributed by atoms with Gasteiger partial charge in [-0.15, -0.1) is 0 Å². The molecule has 90 valence electrons. The molecule has 3 heteroatoms. The monoisotopic (exact) mass is 231 g/mol. The minimum Gasteiger partial charge on any atom is -0.458 e. The lowest BCUT2D eigenvalue weighted by molar-refractivity contribution is 0.0386. The Morgan fingerprint density at radius 2 is 2.12 bits per heavy atom. The quantitative estimate of drug-likeness (QED) is 0.819. The normalized spacial score (nSPS) is 25.9. The summed E-state index contributed by atoms with van der Waals surface area (Å²) in [6.45, 7) is 4.81. The standard InChI is InChI=1S/C14H17NO2/c1-10-7-15-8-14(16-9-10)13-6-11-4-2-3-5-12(11)17-13/h2-6,10,14-15H,7-9H2,1H3. The van der Waals surface area contributed by atoms with E-state index in [-0.39, 0.29) is 6.10 Å². The molecular formula is C14H17NO2. The third-order valence-corrected chi connectivity index (χ3v) is 3.17. The summed E-state index contributed by atoms with van der Waals surface area (Å²) in [6, 6.07) is 10.2. The van der Waals surface area contributed by atoms with Crippen molar-refractivity contribution in [1.29, 1.82) is 0 Å². The molecule has 0 bridgehead atoms. The molecule has 0 radical (unpaired) electrons. The van der Waals surface area contributed by atoms with Gasteiger partial charge in [0.25, 0.3) is 0 Å². The smallest absolute Gasteiger partial charge is 0.135 e. The average molecular weight is 231 g/mol. The number of nitrogens with one attached hydrogen (secondary N) is 1. The van der Waals surface area contributed by atoms with E-state index in [2.05, 4.69) is 24.4 Å². The lowest BCUT2D eigenvalue weighted by Gasteiger charge is -2.11. The number of hydrogen-bond donors (Lipinski definition) is 1. The number of benzene rings is 1. The van der Waals surface area contributed by atoms with Crippen molar-refractivity contribution in [2.24, 2.45) is 5.92 Å². The largest absolute Gasteiger partial charge is 0.458 e. The first-order valence-electron chi connectivity index (χ1n) is 6.14. The number of furan rings is 1. The van der Waals surface area contributed by atoms with Gasteiger partial charge in [-0.25, -0.2) is 0 Å². The summed E-state index contributed by atoms with van der Waals surface area (Å²) in [6.07, 6.45) is 0.0346. The van der Waals surface area contributed by atoms with E-state index >= 15 is 0 Å². The molecule has 0 saturated carbocycles. The molecule has 2 heterocycles. The van der Waals surface area contributed by atoms with E-state index in [9.17, 15) is 0 Å². The highest BCUT2D eigenvalue weighted by molar-refractivity contribution is 5.77. The van der Waals surface area contributed by atoms with Gasteiger partial charge >= 0.3 is 0 Å². The van der Waals surface area contributed by atoms with Crippen LogP contribution in [0.4, 0.5) is 0 Å². The lowest BCUT2D eigenvalue weighted by Crippen LogP contribution is -2.22. The van der Waals surface area contributed by atoms with E-state index in [1.54, 1.807) is 0 Å². The molecule has 2 aromatic rings. The molecular weight excluding hydrogens is 214 g/mol. The molecule has 1 aromatic carbocycles. The molecule has 3 rings (SSSR count). The summed E-state index contributed by atoms with van der Waals surface area (Å²) in [7, 11) is 0. The average Bonchev–Trinajstić information content (AvgIpc) is 2.65. The van der Waals surface area contributed by atoms with Crippen LogP contribution in [0.25, 0.3) is 11.0 Å². The molecule has 1 aliphatic rings. The molecule has 2 unspecified atom stereocenters. The van der Waals surface area contributed by atoms with E-state index in [0.29, 0.717) is 5.92 Å². The first-order valence-corrected chi connectivity index (χ1v) is 6.14. The minimum absolute atomic E-state index is 0.0346. The maximum atomic E-state index is 5.87. The molecule has 0 amide bonds. The Morgan fingerprint density at radius 1 is 1.24 bits per heavy atom. The molecule has 1 fully saturated rings. The highest BCUT2D eigenvalue weighted by Crippen LogP contribution is 2.26. The first-order chi connectivity index (χ1) is 8.33. The van der Waals surface area contributed by atoms with Gasteiger partial charge in [-0.3, -0.25) is 0 Å². The number of fused-ring (bicyclic) bond motifs is 1. The fourth-order valence-electron chi connectivity index (χ4n) is 2.20. The highest BCUT2D eigenvalue weighted by atomic mass is 16.5. The Kier molecular flexibility index (Phi) is 2.87. The van der Waals surface area contributed by atoms with Crippen molar-refractivity contribution in [3.63, 3.8) is 0 Å². The van der Waals surface area contributed by atoms with Crippen molar-refractivity contribution in [3.05, 3.63) is 36.1 Å². The molecule has 0 aliphatic carbocycles. The number of rotatable bonds is 1. The summed E-state index contributed by atoms with van der Waals surface area (Å²) >= 11 is 0. The summed E-state index contributed by atoms with van der Waals surface area (Å²) in [5.41, 5.74) is 0.934. The Bertz CT molecular complexity index is 473. The fourth-order valence-corrected chi connectivity index (χ4v) is 2.20. The predicted molar refractivity (Wildman–Crippen MR) is 66.9 cm³/mol. The number of hydrogen-bond acceptors (Lipinski definition) is 3. The van der Waals surface area contributed by atoms with Crippen LogP contribution in [0.3, 0.4) is 0 Å². The van der Waals surface area contributed by atoms with E-state index < -0.39 is 0 Å². The van der Waals surface area contributed by atoms with Crippen molar-refractivity contribution in [1.82, 2.24) is 5.32 Å². The highest BCUT2D eigenvalue weighted by Gasteiger charge is 2.20. The molecule has 1 aliphatic heterocycles. The van der Waals surface area contributed by atoms with E-state index in [1.165, 1.54) is 0 Å². The molecule has 1 aromatic heterocycles. The summed E-state index contributed by atoms with van der Waals surface area (Å²) in [5.74, 6) is 1.48. The second kappa shape index (κ2) is 4.51. The van der Waals surface area contributed by atoms with E-state index in [0.717, 1.165) is 36.4 Å². The van der Waals surface area contributed by atoms with Crippen molar-refractivity contribution in [2.75, 3.05) is 19.7 Å². The van der Waals surface area contributed by atoms with Crippen LogP contribution in [0.1, 0.15) is 18.8 Å². The van der Waals surface area contributed by atoms with E-state index in [4.69, 9.17) is 9.15 Å². The SMILES string of the molecule is CC1CNCC(c2cc3ccccc3o2)OC1. The molecule has 2 atom stereocenters. The predicted octanol–water partition coefficient (Wildman–Crippen LogP) is 2.73. The zero-order valence-electron chi connectivity index (χ0n) is 9.98. The first kappa shape index (κ1) is 10.8. The minimum atomic E-state index is 0.0346. The van der Waals surface area contributed by atoms with Crippen molar-refractivity contribution in [3.8, 4) is 0 Å². The molecule has 3 nitrogen and oxygen atoms in total. The van der Waals surface area contributed by atoms with Gasteiger partial charge < -0.3 is 14.5 Å².